The topological polar surface area (TPSA) is 12.9 Å². The summed E-state index contributed by atoms with van der Waals surface area (Å²) in [5.74, 6) is 0.672. The molecule has 0 fully saturated rings. The molecule has 0 saturated carbocycles. The fourth-order valence-electron chi connectivity index (χ4n) is 2.07. The van der Waals surface area contributed by atoms with Crippen LogP contribution in [0.1, 0.15) is 43.7 Å². The molecule has 0 saturated heterocycles. The summed E-state index contributed by atoms with van der Waals surface area (Å²) in [7, 11) is 0. The van der Waals surface area contributed by atoms with Gasteiger partial charge in [-0.05, 0) is 6.42 Å². The first kappa shape index (κ1) is 7.29. The first-order valence-electron chi connectivity index (χ1n) is 4.05. The van der Waals surface area contributed by atoms with Crippen LogP contribution >= 0.6 is 11.3 Å². The lowest BCUT2D eigenvalue weighted by Crippen LogP contribution is -2.10. The molecule has 1 heterocycles. The van der Waals surface area contributed by atoms with Crippen molar-refractivity contribution in [3.63, 3.8) is 0 Å². The minimum Gasteiger partial charge on any atom is -0.249 e. The minimum atomic E-state index is 0.385. The Kier molecular flexibility index (Phi) is 1.37. The van der Waals surface area contributed by atoms with Gasteiger partial charge in [-0.15, -0.1) is 11.3 Å². The minimum absolute atomic E-state index is 0.385. The van der Waals surface area contributed by atoms with Gasteiger partial charge in [0.25, 0.3) is 0 Å². The fourth-order valence-corrected chi connectivity index (χ4v) is 3.12. The van der Waals surface area contributed by atoms with E-state index in [1.165, 1.54) is 17.0 Å². The van der Waals surface area contributed by atoms with Gasteiger partial charge in [-0.1, -0.05) is 20.8 Å². The summed E-state index contributed by atoms with van der Waals surface area (Å²) in [6.07, 6.45) is 1.27. The molecular weight excluding hydrogens is 154 g/mol. The highest BCUT2D eigenvalue weighted by Crippen LogP contribution is 2.46. The molecule has 0 aliphatic heterocycles. The van der Waals surface area contributed by atoms with Crippen molar-refractivity contribution in [2.24, 2.45) is 0 Å². The van der Waals surface area contributed by atoms with Gasteiger partial charge in [-0.3, -0.25) is 0 Å². The van der Waals surface area contributed by atoms with Crippen LogP contribution in [0.5, 0.6) is 0 Å². The van der Waals surface area contributed by atoms with Crippen molar-refractivity contribution in [1.29, 1.82) is 0 Å². The van der Waals surface area contributed by atoms with Gasteiger partial charge in [-0.25, -0.2) is 4.98 Å². The monoisotopic (exact) mass is 167 g/mol. The lowest BCUT2D eigenvalue weighted by molar-refractivity contribution is 0.493. The van der Waals surface area contributed by atoms with Gasteiger partial charge < -0.3 is 0 Å². The maximum absolute atomic E-state index is 4.39. The lowest BCUT2D eigenvalue weighted by atomic mass is 9.91. The molecular formula is C9H13NS. The predicted molar refractivity (Wildman–Crippen MR) is 48.2 cm³/mol. The van der Waals surface area contributed by atoms with Gasteiger partial charge >= 0.3 is 0 Å². The second-order valence-corrected chi connectivity index (χ2v) is 4.91. The van der Waals surface area contributed by atoms with E-state index in [9.17, 15) is 0 Å². The second kappa shape index (κ2) is 2.07. The Morgan fingerprint density at radius 2 is 2.36 bits per heavy atom. The van der Waals surface area contributed by atoms with Gasteiger partial charge in [0.15, 0.2) is 0 Å². The number of aromatic nitrogens is 1. The molecule has 0 radical (unpaired) electrons. The van der Waals surface area contributed by atoms with E-state index in [1.807, 2.05) is 16.8 Å². The maximum atomic E-state index is 4.39. The molecule has 0 bridgehead atoms. The summed E-state index contributed by atoms with van der Waals surface area (Å²) in [5, 5.41) is 0. The number of thiazole rings is 1. The summed E-state index contributed by atoms with van der Waals surface area (Å²) < 4.78 is 0. The van der Waals surface area contributed by atoms with Gasteiger partial charge in [0.05, 0.1) is 11.2 Å². The fraction of sp³-hybridized carbons (Fsp3) is 0.667. The summed E-state index contributed by atoms with van der Waals surface area (Å²) >= 11 is 1.81. The summed E-state index contributed by atoms with van der Waals surface area (Å²) in [4.78, 5) is 5.90. The van der Waals surface area contributed by atoms with E-state index in [-0.39, 0.29) is 0 Å². The number of hydrogen-bond donors (Lipinski definition) is 0. The molecule has 1 aliphatic carbocycles. The van der Waals surface area contributed by atoms with Crippen molar-refractivity contribution in [1.82, 2.24) is 4.98 Å². The zero-order valence-electron chi connectivity index (χ0n) is 7.22. The number of rotatable bonds is 0. The van der Waals surface area contributed by atoms with E-state index in [1.54, 1.807) is 0 Å². The smallest absolute Gasteiger partial charge is 0.0798 e. The molecule has 1 atom stereocenters. The Labute approximate surface area is 71.5 Å². The van der Waals surface area contributed by atoms with Crippen molar-refractivity contribution < 1.29 is 0 Å². The molecule has 2 rings (SSSR count). The van der Waals surface area contributed by atoms with E-state index in [0.29, 0.717) is 11.3 Å². The third-order valence-corrected chi connectivity index (χ3v) is 3.70. The third-order valence-electron chi connectivity index (χ3n) is 2.49. The lowest BCUT2D eigenvalue weighted by Gasteiger charge is -2.16. The van der Waals surface area contributed by atoms with Gasteiger partial charge in [-0.2, -0.15) is 0 Å². The van der Waals surface area contributed by atoms with Gasteiger partial charge in [0.1, 0.15) is 0 Å². The highest BCUT2D eigenvalue weighted by atomic mass is 32.1. The van der Waals surface area contributed by atoms with Crippen LogP contribution in [0.4, 0.5) is 0 Å². The van der Waals surface area contributed by atoms with Crippen LogP contribution < -0.4 is 0 Å². The Hall–Kier alpha value is -0.370. The van der Waals surface area contributed by atoms with Crippen molar-refractivity contribution >= 4 is 11.3 Å². The van der Waals surface area contributed by atoms with Crippen molar-refractivity contribution in [3.8, 4) is 0 Å². The Balaban J connectivity index is 2.54. The van der Waals surface area contributed by atoms with E-state index < -0.39 is 0 Å². The molecule has 1 unspecified atom stereocenters. The van der Waals surface area contributed by atoms with Crippen LogP contribution in [0, 0.1) is 0 Å². The van der Waals surface area contributed by atoms with Crippen LogP contribution in [0.15, 0.2) is 5.51 Å². The predicted octanol–water partition coefficient (Wildman–Crippen LogP) is 2.93. The van der Waals surface area contributed by atoms with Crippen LogP contribution in [-0.4, -0.2) is 4.98 Å². The molecule has 1 aromatic rings. The number of fused-ring (bicyclic) bond motifs is 1. The Morgan fingerprint density at radius 3 is 3.00 bits per heavy atom. The van der Waals surface area contributed by atoms with Gasteiger partial charge in [0.2, 0.25) is 0 Å². The summed E-state index contributed by atoms with van der Waals surface area (Å²) in [5.41, 5.74) is 3.71. The molecule has 1 nitrogen and oxygen atoms in total. The largest absolute Gasteiger partial charge is 0.249 e. The standard InChI is InChI=1S/C9H13NS/c1-6-4-9(2,3)8-7(6)10-5-11-8/h5-6H,4H2,1-3H3. The normalized spacial score (nSPS) is 27.0. The Morgan fingerprint density at radius 1 is 1.64 bits per heavy atom. The zero-order chi connectivity index (χ0) is 8.06. The average Bonchev–Trinajstić information content (AvgIpc) is 2.37. The molecule has 2 heteroatoms. The van der Waals surface area contributed by atoms with Crippen molar-refractivity contribution in [2.45, 2.75) is 38.5 Å². The average molecular weight is 167 g/mol. The molecule has 11 heavy (non-hydrogen) atoms. The number of nitrogens with zero attached hydrogens (tertiary/aromatic N) is 1. The molecule has 60 valence electrons. The van der Waals surface area contributed by atoms with E-state index in [4.69, 9.17) is 0 Å². The highest BCUT2D eigenvalue weighted by Gasteiger charge is 2.36. The number of hydrogen-bond acceptors (Lipinski definition) is 2. The molecule has 0 aromatic carbocycles. The first-order chi connectivity index (χ1) is 5.11. The third kappa shape index (κ3) is 0.924. The second-order valence-electron chi connectivity index (χ2n) is 4.06. The van der Waals surface area contributed by atoms with E-state index in [2.05, 4.69) is 25.8 Å². The van der Waals surface area contributed by atoms with Crippen molar-refractivity contribution in [2.75, 3.05) is 0 Å². The highest BCUT2D eigenvalue weighted by molar-refractivity contribution is 7.10. The Bertz CT molecular complexity index is 275. The van der Waals surface area contributed by atoms with Crippen LogP contribution in [-0.2, 0) is 5.41 Å². The quantitative estimate of drug-likeness (QED) is 0.579. The van der Waals surface area contributed by atoms with Gasteiger partial charge in [0, 0.05) is 16.2 Å². The van der Waals surface area contributed by atoms with Crippen LogP contribution in [0.3, 0.4) is 0 Å². The van der Waals surface area contributed by atoms with E-state index in [0.717, 1.165) is 0 Å². The summed E-state index contributed by atoms with van der Waals surface area (Å²) in [6, 6.07) is 0. The van der Waals surface area contributed by atoms with Crippen LogP contribution in [0.2, 0.25) is 0 Å². The maximum Gasteiger partial charge on any atom is 0.0798 e. The summed E-state index contributed by atoms with van der Waals surface area (Å²) in [6.45, 7) is 6.90. The molecule has 1 aromatic heterocycles. The molecule has 0 spiro atoms. The molecule has 0 amide bonds. The van der Waals surface area contributed by atoms with E-state index >= 15 is 0 Å². The SMILES string of the molecule is CC1CC(C)(C)c2scnc21. The first-order valence-corrected chi connectivity index (χ1v) is 4.93. The molecule has 0 N–H and O–H groups in total. The van der Waals surface area contributed by atoms with Crippen molar-refractivity contribution in [3.05, 3.63) is 16.1 Å². The van der Waals surface area contributed by atoms with Crippen LogP contribution in [0.25, 0.3) is 0 Å². The molecule has 1 aliphatic rings. The zero-order valence-corrected chi connectivity index (χ0v) is 8.03.